The van der Waals surface area contributed by atoms with Gasteiger partial charge in [0.05, 0.1) is 19.2 Å². The number of ether oxygens (including phenoxy) is 3. The van der Waals surface area contributed by atoms with Gasteiger partial charge in [-0.3, -0.25) is 9.29 Å². The number of aliphatic hydroxyl groups is 1. The average molecular weight is 583 g/mol. The number of nitrogens with zero attached hydrogens (tertiary/aromatic N) is 7. The molecule has 0 aromatic carbocycles. The zero-order chi connectivity index (χ0) is 28.2. The Hall–Kier alpha value is -3.14. The molecule has 2 N–H and O–H groups in total. The predicted molar refractivity (Wildman–Crippen MR) is 141 cm³/mol. The highest BCUT2D eigenvalue weighted by Gasteiger charge is 2.36. The molecule has 39 heavy (non-hydrogen) atoms. The molecule has 0 aliphatic heterocycles. The molecule has 212 valence electrons. The van der Waals surface area contributed by atoms with E-state index in [1.165, 1.54) is 51.5 Å². The molecule has 0 radical (unpaired) electrons. The molecule has 3 aromatic heterocycles. The summed E-state index contributed by atoms with van der Waals surface area (Å²) < 4.78 is 47.7. The van der Waals surface area contributed by atoms with E-state index in [4.69, 9.17) is 25.8 Å². The van der Waals surface area contributed by atoms with E-state index in [-0.39, 0.29) is 47.7 Å². The van der Waals surface area contributed by atoms with E-state index in [2.05, 4.69) is 34.9 Å². The average Bonchev–Trinajstić information content (AvgIpc) is 3.35. The van der Waals surface area contributed by atoms with Crippen LogP contribution in [0.3, 0.4) is 0 Å². The number of halogens is 1. The first-order chi connectivity index (χ1) is 18.7. The summed E-state index contributed by atoms with van der Waals surface area (Å²) in [4.78, 5) is 16.6. The fourth-order valence-electron chi connectivity index (χ4n) is 4.65. The Kier molecular flexibility index (Phi) is 9.15. The van der Waals surface area contributed by atoms with Crippen LogP contribution in [0.25, 0.3) is 5.69 Å². The zero-order valence-corrected chi connectivity index (χ0v) is 23.6. The second kappa shape index (κ2) is 12.4. The van der Waals surface area contributed by atoms with Crippen LogP contribution in [0.5, 0.6) is 11.8 Å². The summed E-state index contributed by atoms with van der Waals surface area (Å²) in [5.74, 6) is 0.977. The summed E-state index contributed by atoms with van der Waals surface area (Å²) in [7, 11) is 0.0876. The smallest absolute Gasteiger partial charge is 0.245 e. The van der Waals surface area contributed by atoms with Crippen LogP contribution >= 0.6 is 11.6 Å². The summed E-state index contributed by atoms with van der Waals surface area (Å²) in [5.41, 5.74) is 0.251. The summed E-state index contributed by atoms with van der Waals surface area (Å²) in [6.45, 7) is 1.59. The highest BCUT2D eigenvalue weighted by molar-refractivity contribution is 7.93. The molecule has 0 bridgehead atoms. The molecular formula is C23H31ClN8O6S. The van der Waals surface area contributed by atoms with Crippen molar-refractivity contribution in [3.63, 3.8) is 0 Å². The van der Waals surface area contributed by atoms with Gasteiger partial charge in [-0.25, -0.2) is 18.4 Å². The Morgan fingerprint density at radius 2 is 1.67 bits per heavy atom. The van der Waals surface area contributed by atoms with Gasteiger partial charge in [-0.05, 0) is 38.5 Å². The Morgan fingerprint density at radius 1 is 1.05 bits per heavy atom. The molecule has 1 aliphatic carbocycles. The number of methoxy groups -OCH3 is 3. The summed E-state index contributed by atoms with van der Waals surface area (Å²) in [6, 6.07) is 0. The number of nitrogens with one attached hydrogen (secondary N) is 1. The minimum Gasteiger partial charge on any atom is -0.479 e. The van der Waals surface area contributed by atoms with Gasteiger partial charge in [0, 0.05) is 32.0 Å². The highest BCUT2D eigenvalue weighted by atomic mass is 35.5. The first-order valence-corrected chi connectivity index (χ1v) is 14.2. The third-order valence-electron chi connectivity index (χ3n) is 6.82. The molecule has 4 rings (SSSR count). The van der Waals surface area contributed by atoms with Gasteiger partial charge in [0.2, 0.25) is 27.7 Å². The molecule has 0 amide bonds. The van der Waals surface area contributed by atoms with Crippen molar-refractivity contribution in [2.45, 2.75) is 49.9 Å². The van der Waals surface area contributed by atoms with Gasteiger partial charge in [-0.2, -0.15) is 9.97 Å². The summed E-state index contributed by atoms with van der Waals surface area (Å²) >= 11 is 5.89. The molecule has 0 saturated heterocycles. The minimum absolute atomic E-state index is 0.0696. The maximum Gasteiger partial charge on any atom is 0.245 e. The Morgan fingerprint density at radius 3 is 2.21 bits per heavy atom. The fraction of sp³-hybridized carbons (Fsp3) is 0.565. The van der Waals surface area contributed by atoms with E-state index in [1.807, 2.05) is 0 Å². The predicted octanol–water partition coefficient (Wildman–Crippen LogP) is 2.30. The summed E-state index contributed by atoms with van der Waals surface area (Å²) in [5, 5.41) is 17.3. The first-order valence-electron chi connectivity index (χ1n) is 12.2. The van der Waals surface area contributed by atoms with Gasteiger partial charge in [0.25, 0.3) is 0 Å². The minimum atomic E-state index is -4.15. The first kappa shape index (κ1) is 28.9. The standard InChI is InChI=1S/C23H31ClN8O6S/c1-13(18(36-2)19-25-9-16(24)10-26-19)39(34,35)31-23-30-29-20(15-7-5-14(11-33)6-8-15)32(23)17-21(37-3)27-12-28-22(17)38-4/h9-10,12-15,18,33H,5-8,11H2,1-4H3,(H,30,31)/t13-,14-,15-,18-/m0/s1. The van der Waals surface area contributed by atoms with Gasteiger partial charge < -0.3 is 19.3 Å². The van der Waals surface area contributed by atoms with Crippen molar-refractivity contribution in [3.8, 4) is 17.4 Å². The lowest BCUT2D eigenvalue weighted by Crippen LogP contribution is -2.33. The second-order valence-electron chi connectivity index (χ2n) is 9.13. The quantitative estimate of drug-likeness (QED) is 0.338. The number of hydrogen-bond donors (Lipinski definition) is 2. The van der Waals surface area contributed by atoms with Crippen molar-refractivity contribution in [1.29, 1.82) is 0 Å². The second-order valence-corrected chi connectivity index (χ2v) is 11.6. The topological polar surface area (TPSA) is 176 Å². The zero-order valence-electron chi connectivity index (χ0n) is 22.0. The van der Waals surface area contributed by atoms with E-state index in [0.29, 0.717) is 10.8 Å². The molecule has 1 saturated carbocycles. The van der Waals surface area contributed by atoms with Gasteiger partial charge in [0.15, 0.2) is 11.5 Å². The third-order valence-corrected chi connectivity index (χ3v) is 8.71. The Labute approximate surface area is 231 Å². The van der Waals surface area contributed by atoms with E-state index in [9.17, 15) is 13.5 Å². The number of hydrogen-bond acceptors (Lipinski definition) is 12. The van der Waals surface area contributed by atoms with E-state index in [0.717, 1.165) is 25.7 Å². The van der Waals surface area contributed by atoms with Crippen LogP contribution in [0.2, 0.25) is 5.02 Å². The van der Waals surface area contributed by atoms with Crippen molar-refractivity contribution in [3.05, 3.63) is 35.4 Å². The van der Waals surface area contributed by atoms with E-state index >= 15 is 0 Å². The van der Waals surface area contributed by atoms with Crippen LogP contribution < -0.4 is 14.2 Å². The molecule has 3 aromatic rings. The number of rotatable bonds is 11. The van der Waals surface area contributed by atoms with Crippen molar-refractivity contribution in [2.75, 3.05) is 32.7 Å². The number of sulfonamides is 1. The summed E-state index contributed by atoms with van der Waals surface area (Å²) in [6.07, 6.45) is 6.04. The largest absolute Gasteiger partial charge is 0.479 e. The molecule has 3 heterocycles. The van der Waals surface area contributed by atoms with Crippen LogP contribution in [-0.2, 0) is 14.8 Å². The fourth-order valence-corrected chi connectivity index (χ4v) is 5.88. The SMILES string of the molecule is COc1ncnc(OC)c1-n1c(NS(=O)(=O)[C@@H](C)[C@H](OC)c2ncc(Cl)cn2)nnc1[C@H]1CC[C@H](CO)CC1. The monoisotopic (exact) mass is 582 g/mol. The highest BCUT2D eigenvalue weighted by Crippen LogP contribution is 2.40. The van der Waals surface area contributed by atoms with Crippen molar-refractivity contribution in [1.82, 2.24) is 34.7 Å². The number of aliphatic hydroxyl groups excluding tert-OH is 1. The molecule has 16 heteroatoms. The molecule has 0 unspecified atom stereocenters. The lowest BCUT2D eigenvalue weighted by atomic mass is 9.82. The molecule has 1 aliphatic rings. The van der Waals surface area contributed by atoms with Crippen LogP contribution in [0.4, 0.5) is 5.95 Å². The molecule has 2 atom stereocenters. The van der Waals surface area contributed by atoms with Crippen LogP contribution in [-0.4, -0.2) is 81.4 Å². The van der Waals surface area contributed by atoms with Gasteiger partial charge in [-0.1, -0.05) is 11.6 Å². The van der Waals surface area contributed by atoms with Crippen molar-refractivity contribution in [2.24, 2.45) is 5.92 Å². The van der Waals surface area contributed by atoms with Gasteiger partial charge >= 0.3 is 0 Å². The van der Waals surface area contributed by atoms with Crippen LogP contribution in [0, 0.1) is 5.92 Å². The lowest BCUT2D eigenvalue weighted by molar-refractivity contribution is 0.0950. The van der Waals surface area contributed by atoms with Crippen molar-refractivity contribution < 1.29 is 27.7 Å². The van der Waals surface area contributed by atoms with Crippen molar-refractivity contribution >= 4 is 27.6 Å². The lowest BCUT2D eigenvalue weighted by Gasteiger charge is -2.27. The number of anilines is 1. The van der Waals surface area contributed by atoms with E-state index < -0.39 is 21.4 Å². The van der Waals surface area contributed by atoms with E-state index in [1.54, 1.807) is 0 Å². The molecular weight excluding hydrogens is 552 g/mol. The maximum atomic E-state index is 13.6. The van der Waals surface area contributed by atoms with Gasteiger partial charge in [0.1, 0.15) is 23.5 Å². The normalized spacial score (nSPS) is 19.3. The van der Waals surface area contributed by atoms with Gasteiger partial charge in [-0.15, -0.1) is 10.2 Å². The third kappa shape index (κ3) is 6.05. The number of aromatic nitrogens is 7. The van der Waals surface area contributed by atoms with Crippen LogP contribution in [0.15, 0.2) is 18.7 Å². The maximum absolute atomic E-state index is 13.6. The molecule has 0 spiro atoms. The van der Waals surface area contributed by atoms with Crippen LogP contribution in [0.1, 0.15) is 56.3 Å². The molecule has 1 fully saturated rings. The Bertz CT molecular complexity index is 1340. The Balaban J connectivity index is 1.77. The molecule has 14 nitrogen and oxygen atoms in total.